The second kappa shape index (κ2) is 9.08. The molecule has 0 aliphatic rings. The number of nitrogens with zero attached hydrogens (tertiary/aromatic N) is 2. The Hall–Kier alpha value is -2.88. The zero-order valence-corrected chi connectivity index (χ0v) is 17.0. The maximum absolute atomic E-state index is 13.6. The molecule has 0 aliphatic carbocycles. The number of anilines is 1. The van der Waals surface area contributed by atoms with Gasteiger partial charge in [-0.25, -0.2) is 17.9 Å². The third-order valence-electron chi connectivity index (χ3n) is 4.14. The molecule has 1 heterocycles. The lowest BCUT2D eigenvalue weighted by Gasteiger charge is -2.26. The molecule has 0 aliphatic heterocycles. The van der Waals surface area contributed by atoms with Gasteiger partial charge in [0.05, 0.1) is 11.4 Å². The molecule has 0 fully saturated rings. The van der Waals surface area contributed by atoms with Crippen molar-refractivity contribution in [2.45, 2.75) is 18.0 Å². The SMILES string of the molecule is NS(=O)(=O)c1ccc(N(Cc2cccc(F)c2)C(=S)NCc2ccncc2)cc1. The highest BCUT2D eigenvalue weighted by atomic mass is 32.2. The van der Waals surface area contributed by atoms with Gasteiger partial charge in [0.2, 0.25) is 10.0 Å². The van der Waals surface area contributed by atoms with Crippen molar-refractivity contribution in [3.05, 3.63) is 90.0 Å². The average molecular weight is 431 g/mol. The Morgan fingerprint density at radius 3 is 2.38 bits per heavy atom. The summed E-state index contributed by atoms with van der Waals surface area (Å²) in [6, 6.07) is 16.0. The Morgan fingerprint density at radius 1 is 1.07 bits per heavy atom. The molecule has 6 nitrogen and oxygen atoms in total. The summed E-state index contributed by atoms with van der Waals surface area (Å²) in [7, 11) is -3.80. The third-order valence-corrected chi connectivity index (χ3v) is 5.44. The highest BCUT2D eigenvalue weighted by molar-refractivity contribution is 7.89. The standard InChI is InChI=1S/C20H19FN4O2S2/c21-17-3-1-2-16(12-17)14-25(18-4-6-19(7-5-18)29(22,26)27)20(28)24-13-15-8-10-23-11-9-15/h1-12H,13-14H2,(H,24,28)(H2,22,26,27). The molecular weight excluding hydrogens is 411 g/mol. The van der Waals surface area contributed by atoms with Gasteiger partial charge in [-0.3, -0.25) is 4.98 Å². The summed E-state index contributed by atoms with van der Waals surface area (Å²) in [6.07, 6.45) is 3.38. The van der Waals surface area contributed by atoms with Gasteiger partial charge in [-0.15, -0.1) is 0 Å². The number of pyridine rings is 1. The fourth-order valence-electron chi connectivity index (χ4n) is 2.69. The summed E-state index contributed by atoms with van der Waals surface area (Å²) in [5.74, 6) is -0.345. The van der Waals surface area contributed by atoms with Gasteiger partial charge in [0, 0.05) is 24.6 Å². The summed E-state index contributed by atoms with van der Waals surface area (Å²) in [5, 5.41) is 8.75. The van der Waals surface area contributed by atoms with Gasteiger partial charge in [0.15, 0.2) is 5.11 Å². The van der Waals surface area contributed by atoms with Crippen LogP contribution in [0, 0.1) is 5.82 Å². The molecule has 150 valence electrons. The molecule has 3 aromatic rings. The first-order valence-electron chi connectivity index (χ1n) is 8.64. The van der Waals surface area contributed by atoms with Crippen LogP contribution in [0.4, 0.5) is 10.1 Å². The Kier molecular flexibility index (Phi) is 6.53. The number of hydrogen-bond donors (Lipinski definition) is 2. The Bertz CT molecular complexity index is 1090. The van der Waals surface area contributed by atoms with Gasteiger partial charge in [-0.1, -0.05) is 12.1 Å². The van der Waals surface area contributed by atoms with Crippen LogP contribution in [0.1, 0.15) is 11.1 Å². The van der Waals surface area contributed by atoms with Crippen LogP contribution in [0.25, 0.3) is 0 Å². The number of rotatable bonds is 6. The molecule has 3 rings (SSSR count). The molecule has 2 aromatic carbocycles. The zero-order valence-electron chi connectivity index (χ0n) is 15.3. The molecule has 0 unspecified atom stereocenters. The van der Waals surface area contributed by atoms with Crippen molar-refractivity contribution < 1.29 is 12.8 Å². The van der Waals surface area contributed by atoms with Crippen LogP contribution in [0.3, 0.4) is 0 Å². The molecule has 29 heavy (non-hydrogen) atoms. The average Bonchev–Trinajstić information content (AvgIpc) is 2.70. The second-order valence-electron chi connectivity index (χ2n) is 6.27. The lowest BCUT2D eigenvalue weighted by Crippen LogP contribution is -2.39. The number of aromatic nitrogens is 1. The number of nitrogens with one attached hydrogen (secondary N) is 1. The number of halogens is 1. The topological polar surface area (TPSA) is 88.3 Å². The number of primary sulfonamides is 1. The number of benzene rings is 2. The summed E-state index contributed by atoms with van der Waals surface area (Å²) in [6.45, 7) is 0.783. The largest absolute Gasteiger partial charge is 0.358 e. The van der Waals surface area contributed by atoms with Crippen LogP contribution < -0.4 is 15.4 Å². The fourth-order valence-corrected chi connectivity index (χ4v) is 3.45. The first-order chi connectivity index (χ1) is 13.8. The highest BCUT2D eigenvalue weighted by Crippen LogP contribution is 2.20. The lowest BCUT2D eigenvalue weighted by atomic mass is 10.2. The van der Waals surface area contributed by atoms with E-state index < -0.39 is 10.0 Å². The van der Waals surface area contributed by atoms with Crippen molar-refractivity contribution in [1.82, 2.24) is 10.3 Å². The van der Waals surface area contributed by atoms with Gasteiger partial charge in [0.1, 0.15) is 5.82 Å². The van der Waals surface area contributed by atoms with Crippen LogP contribution in [-0.4, -0.2) is 18.5 Å². The summed E-state index contributed by atoms with van der Waals surface area (Å²) in [4.78, 5) is 5.75. The van der Waals surface area contributed by atoms with E-state index in [1.54, 1.807) is 41.6 Å². The normalized spacial score (nSPS) is 11.1. The zero-order chi connectivity index (χ0) is 20.9. The van der Waals surface area contributed by atoms with E-state index in [9.17, 15) is 12.8 Å². The number of sulfonamides is 1. The van der Waals surface area contributed by atoms with E-state index in [-0.39, 0.29) is 10.7 Å². The smallest absolute Gasteiger partial charge is 0.238 e. The molecule has 0 bridgehead atoms. The van der Waals surface area contributed by atoms with Gasteiger partial charge < -0.3 is 10.2 Å². The number of thiocarbonyl (C=S) groups is 1. The van der Waals surface area contributed by atoms with Gasteiger partial charge in [-0.2, -0.15) is 0 Å². The molecule has 9 heteroatoms. The summed E-state index contributed by atoms with van der Waals surface area (Å²) in [5.41, 5.74) is 2.36. The van der Waals surface area contributed by atoms with E-state index in [1.165, 1.54) is 24.3 Å². The maximum atomic E-state index is 13.6. The predicted octanol–water partition coefficient (Wildman–Crippen LogP) is 2.95. The van der Waals surface area contributed by atoms with Crippen LogP contribution in [0.5, 0.6) is 0 Å². The van der Waals surface area contributed by atoms with Crippen molar-refractivity contribution in [2.24, 2.45) is 5.14 Å². The van der Waals surface area contributed by atoms with Crippen molar-refractivity contribution >= 4 is 33.0 Å². The molecule has 0 atom stereocenters. The van der Waals surface area contributed by atoms with Crippen molar-refractivity contribution in [3.8, 4) is 0 Å². The van der Waals surface area contributed by atoms with E-state index in [2.05, 4.69) is 10.3 Å². The quantitative estimate of drug-likeness (QED) is 0.585. The lowest BCUT2D eigenvalue weighted by molar-refractivity contribution is 0.598. The molecule has 0 saturated carbocycles. The van der Waals surface area contributed by atoms with E-state index >= 15 is 0 Å². The van der Waals surface area contributed by atoms with Crippen LogP contribution >= 0.6 is 12.2 Å². The molecular formula is C20H19FN4O2S2. The van der Waals surface area contributed by atoms with Crippen molar-refractivity contribution in [1.29, 1.82) is 0 Å². The van der Waals surface area contributed by atoms with Crippen LogP contribution in [0.15, 0.2) is 78.0 Å². The Balaban J connectivity index is 1.85. The minimum Gasteiger partial charge on any atom is -0.358 e. The van der Waals surface area contributed by atoms with Crippen LogP contribution in [-0.2, 0) is 23.1 Å². The summed E-state index contributed by atoms with van der Waals surface area (Å²) < 4.78 is 36.7. The Morgan fingerprint density at radius 2 is 1.76 bits per heavy atom. The van der Waals surface area contributed by atoms with Crippen LogP contribution in [0.2, 0.25) is 0 Å². The molecule has 0 spiro atoms. The third kappa shape index (κ3) is 5.80. The van der Waals surface area contributed by atoms with Gasteiger partial charge in [0.25, 0.3) is 0 Å². The molecule has 0 saturated heterocycles. The number of nitrogens with two attached hydrogens (primary N) is 1. The number of hydrogen-bond acceptors (Lipinski definition) is 4. The van der Waals surface area contributed by atoms with Gasteiger partial charge >= 0.3 is 0 Å². The minimum atomic E-state index is -3.80. The van der Waals surface area contributed by atoms with Crippen molar-refractivity contribution in [3.63, 3.8) is 0 Å². The predicted molar refractivity (Wildman–Crippen MR) is 114 cm³/mol. The van der Waals surface area contributed by atoms with E-state index in [4.69, 9.17) is 17.4 Å². The second-order valence-corrected chi connectivity index (χ2v) is 8.22. The molecule has 1 aromatic heterocycles. The summed E-state index contributed by atoms with van der Waals surface area (Å²) >= 11 is 5.56. The van der Waals surface area contributed by atoms with E-state index in [1.807, 2.05) is 12.1 Å². The molecule has 3 N–H and O–H groups in total. The van der Waals surface area contributed by atoms with E-state index in [0.717, 1.165) is 5.56 Å². The fraction of sp³-hybridized carbons (Fsp3) is 0.100. The first-order valence-corrected chi connectivity index (χ1v) is 10.6. The molecule has 0 radical (unpaired) electrons. The Labute approximate surface area is 174 Å². The monoisotopic (exact) mass is 430 g/mol. The minimum absolute atomic E-state index is 0.00242. The van der Waals surface area contributed by atoms with Crippen molar-refractivity contribution in [2.75, 3.05) is 4.90 Å². The van der Waals surface area contributed by atoms with E-state index in [0.29, 0.717) is 29.5 Å². The molecule has 0 amide bonds. The highest BCUT2D eigenvalue weighted by Gasteiger charge is 2.15. The maximum Gasteiger partial charge on any atom is 0.238 e. The van der Waals surface area contributed by atoms with Gasteiger partial charge in [-0.05, 0) is 71.9 Å². The first kappa shape index (κ1) is 20.8.